The Morgan fingerprint density at radius 3 is 2.64 bits per heavy atom. The molecule has 1 aliphatic heterocycles. The number of oxime groups is 1. The highest BCUT2D eigenvalue weighted by Gasteiger charge is 2.39. The van der Waals surface area contributed by atoms with E-state index in [0.29, 0.717) is 17.1 Å². The van der Waals surface area contributed by atoms with E-state index in [1.165, 1.54) is 14.2 Å². The molecule has 6 nitrogen and oxygen atoms in total. The zero-order valence-electron chi connectivity index (χ0n) is 12.6. The Bertz CT molecular complexity index is 688. The lowest BCUT2D eigenvalue weighted by Gasteiger charge is -2.16. The maximum Gasteiger partial charge on any atom is 0.199 e. The van der Waals surface area contributed by atoms with Crippen LogP contribution in [0.2, 0.25) is 0 Å². The van der Waals surface area contributed by atoms with Gasteiger partial charge in [-0.3, -0.25) is 0 Å². The number of hydrogen-bond acceptors (Lipinski definition) is 6. The zero-order valence-corrected chi connectivity index (χ0v) is 14.2. The molecule has 0 radical (unpaired) electrons. The van der Waals surface area contributed by atoms with E-state index in [4.69, 9.17) is 25.9 Å². The van der Waals surface area contributed by atoms with Crippen molar-refractivity contribution in [3.63, 3.8) is 0 Å². The Hall–Kier alpha value is -1.47. The number of nitrogens with zero attached hydrogens (tertiary/aromatic N) is 1. The van der Waals surface area contributed by atoms with Crippen LogP contribution < -0.4 is 9.47 Å². The molecule has 0 aliphatic carbocycles. The fraction of sp³-hybridized carbons (Fsp3) is 0.500. The molecular formula is C14H18ClNO5S. The van der Waals surface area contributed by atoms with Crippen LogP contribution in [0.4, 0.5) is 0 Å². The van der Waals surface area contributed by atoms with E-state index in [2.05, 4.69) is 5.16 Å². The van der Waals surface area contributed by atoms with Gasteiger partial charge in [-0.15, -0.1) is 11.6 Å². The zero-order chi connectivity index (χ0) is 16.4. The second-order valence-corrected chi connectivity index (χ2v) is 7.53. The second kappa shape index (κ2) is 6.34. The largest absolute Gasteiger partial charge is 0.497 e. The van der Waals surface area contributed by atoms with Crippen molar-refractivity contribution < 1.29 is 22.7 Å². The Morgan fingerprint density at radius 2 is 2.09 bits per heavy atom. The Morgan fingerprint density at radius 1 is 1.36 bits per heavy atom. The van der Waals surface area contributed by atoms with E-state index in [1.54, 1.807) is 25.1 Å². The van der Waals surface area contributed by atoms with Gasteiger partial charge in [0.15, 0.2) is 20.5 Å². The second-order valence-electron chi connectivity index (χ2n) is 5.27. The molecule has 0 aromatic heterocycles. The molecule has 0 spiro atoms. The van der Waals surface area contributed by atoms with Gasteiger partial charge in [0.2, 0.25) is 0 Å². The lowest BCUT2D eigenvalue weighted by atomic mass is 10.1. The van der Waals surface area contributed by atoms with Gasteiger partial charge in [0.25, 0.3) is 0 Å². The van der Waals surface area contributed by atoms with E-state index in [0.717, 1.165) is 0 Å². The highest BCUT2D eigenvalue weighted by molar-refractivity contribution is 8.05. The molecule has 1 atom stereocenters. The van der Waals surface area contributed by atoms with Gasteiger partial charge >= 0.3 is 0 Å². The fourth-order valence-corrected chi connectivity index (χ4v) is 3.68. The van der Waals surface area contributed by atoms with E-state index >= 15 is 0 Å². The summed E-state index contributed by atoms with van der Waals surface area (Å²) in [5.41, 5.74) is -0.237. The van der Waals surface area contributed by atoms with Crippen LogP contribution in [0.25, 0.3) is 0 Å². The maximum absolute atomic E-state index is 12.5. The summed E-state index contributed by atoms with van der Waals surface area (Å²) in [4.78, 5) is 5.14. The first-order valence-electron chi connectivity index (χ1n) is 6.58. The number of rotatable bonds is 5. The minimum atomic E-state index is -3.60. The first-order chi connectivity index (χ1) is 10.3. The van der Waals surface area contributed by atoms with Gasteiger partial charge in [0.1, 0.15) is 11.5 Å². The van der Waals surface area contributed by atoms with Gasteiger partial charge in [-0.05, 0) is 13.0 Å². The third-order valence-electron chi connectivity index (χ3n) is 3.37. The highest BCUT2D eigenvalue weighted by Crippen LogP contribution is 2.30. The minimum absolute atomic E-state index is 0.00789. The van der Waals surface area contributed by atoms with Gasteiger partial charge in [0.05, 0.1) is 25.9 Å². The molecule has 0 saturated carbocycles. The smallest absolute Gasteiger partial charge is 0.199 e. The van der Waals surface area contributed by atoms with Crippen molar-refractivity contribution in [3.05, 3.63) is 23.8 Å². The van der Waals surface area contributed by atoms with Gasteiger partial charge < -0.3 is 14.3 Å². The molecule has 22 heavy (non-hydrogen) atoms. The number of halogens is 1. The summed E-state index contributed by atoms with van der Waals surface area (Å²) in [6, 6.07) is 4.98. The van der Waals surface area contributed by atoms with Crippen molar-refractivity contribution in [1.82, 2.24) is 0 Å². The lowest BCUT2D eigenvalue weighted by molar-refractivity contribution is 0.0152. The summed E-state index contributed by atoms with van der Waals surface area (Å²) in [7, 11) is -0.592. The van der Waals surface area contributed by atoms with Gasteiger partial charge in [0, 0.05) is 18.1 Å². The van der Waals surface area contributed by atoms with Crippen LogP contribution in [0.1, 0.15) is 18.9 Å². The number of sulfone groups is 1. The Kier molecular flexibility index (Phi) is 4.87. The van der Waals surface area contributed by atoms with Crippen molar-refractivity contribution in [2.24, 2.45) is 5.16 Å². The van der Waals surface area contributed by atoms with E-state index in [-0.39, 0.29) is 23.1 Å². The van der Waals surface area contributed by atoms with Crippen molar-refractivity contribution >= 4 is 26.5 Å². The number of ether oxygens (including phenoxy) is 2. The number of alkyl halides is 1. The Balaban J connectivity index is 2.23. The average molecular weight is 348 g/mol. The lowest BCUT2D eigenvalue weighted by Crippen LogP contribution is -2.28. The molecule has 0 N–H and O–H groups in total. The van der Waals surface area contributed by atoms with Crippen LogP contribution in [0.5, 0.6) is 11.5 Å². The molecular weight excluding hydrogens is 330 g/mol. The quantitative estimate of drug-likeness (QED) is 0.764. The van der Waals surface area contributed by atoms with Gasteiger partial charge in [-0.2, -0.15) is 0 Å². The third kappa shape index (κ3) is 3.47. The topological polar surface area (TPSA) is 74.2 Å². The molecule has 1 aromatic rings. The molecule has 122 valence electrons. The fourth-order valence-electron chi connectivity index (χ4n) is 2.04. The normalized spacial score (nSPS) is 21.2. The van der Waals surface area contributed by atoms with Crippen molar-refractivity contribution in [3.8, 4) is 11.5 Å². The first kappa shape index (κ1) is 16.9. The molecule has 0 amide bonds. The number of hydrogen-bond donors (Lipinski definition) is 0. The summed E-state index contributed by atoms with van der Waals surface area (Å²) < 4.78 is 35.3. The molecule has 1 heterocycles. The molecule has 1 unspecified atom stereocenters. The summed E-state index contributed by atoms with van der Waals surface area (Å²) in [6.45, 7) is 1.72. The van der Waals surface area contributed by atoms with Gasteiger partial charge in [-0.1, -0.05) is 11.2 Å². The SMILES string of the molecule is COc1ccc(CS(=O)(=O)C2=NOC(C)(CCl)C2)c(OC)c1. The van der Waals surface area contributed by atoms with Crippen LogP contribution in [0.15, 0.2) is 23.4 Å². The molecule has 1 aliphatic rings. The van der Waals surface area contributed by atoms with Crippen molar-refractivity contribution in [1.29, 1.82) is 0 Å². The summed E-state index contributed by atoms with van der Waals surface area (Å²) in [5.74, 6) is 0.985. The van der Waals surface area contributed by atoms with Crippen LogP contribution in [-0.2, 0) is 20.4 Å². The van der Waals surface area contributed by atoms with E-state index in [9.17, 15) is 8.42 Å². The molecule has 2 rings (SSSR count). The van der Waals surface area contributed by atoms with Crippen LogP contribution in [0, 0.1) is 0 Å². The van der Waals surface area contributed by atoms with Crippen LogP contribution in [0.3, 0.4) is 0 Å². The van der Waals surface area contributed by atoms with E-state index < -0.39 is 15.4 Å². The Labute approximate surface area is 134 Å². The third-order valence-corrected chi connectivity index (χ3v) is 5.57. The van der Waals surface area contributed by atoms with E-state index in [1.807, 2.05) is 0 Å². The summed E-state index contributed by atoms with van der Waals surface area (Å²) >= 11 is 5.78. The first-order valence-corrected chi connectivity index (χ1v) is 8.77. The average Bonchev–Trinajstić information content (AvgIpc) is 2.91. The predicted octanol–water partition coefficient (Wildman–Crippen LogP) is 2.35. The molecule has 8 heteroatoms. The molecule has 0 saturated heterocycles. The van der Waals surface area contributed by atoms with Crippen LogP contribution >= 0.6 is 11.6 Å². The maximum atomic E-state index is 12.5. The van der Waals surface area contributed by atoms with Crippen LogP contribution in [-0.4, -0.2) is 39.2 Å². The number of methoxy groups -OCH3 is 2. The summed E-state index contributed by atoms with van der Waals surface area (Å²) in [6.07, 6.45) is 0.164. The van der Waals surface area contributed by atoms with Crippen molar-refractivity contribution in [2.75, 3.05) is 20.1 Å². The minimum Gasteiger partial charge on any atom is -0.497 e. The van der Waals surface area contributed by atoms with Gasteiger partial charge in [-0.25, -0.2) is 8.42 Å². The van der Waals surface area contributed by atoms with Crippen molar-refractivity contribution in [2.45, 2.75) is 24.7 Å². The molecule has 1 aromatic carbocycles. The summed E-state index contributed by atoms with van der Waals surface area (Å²) in [5, 5.41) is 3.70. The molecule has 0 fully saturated rings. The highest BCUT2D eigenvalue weighted by atomic mass is 35.5. The predicted molar refractivity (Wildman–Crippen MR) is 84.4 cm³/mol. The molecule has 0 bridgehead atoms. The number of benzene rings is 1. The standard InChI is InChI=1S/C14H18ClNO5S/c1-14(9-15)7-13(16-21-14)22(17,18)8-10-4-5-11(19-2)6-12(10)20-3/h4-6H,7-9H2,1-3H3. The monoisotopic (exact) mass is 347 g/mol.